The third-order valence-corrected chi connectivity index (χ3v) is 6.10. The average Bonchev–Trinajstić information content (AvgIpc) is 2.73. The Kier molecular flexibility index (Phi) is 7.68. The van der Waals surface area contributed by atoms with Gasteiger partial charge >= 0.3 is 0 Å². The van der Waals surface area contributed by atoms with E-state index in [9.17, 15) is 28.8 Å². The van der Waals surface area contributed by atoms with E-state index in [1.165, 1.54) is 0 Å². The Morgan fingerprint density at radius 3 is 2.26 bits per heavy atom. The van der Waals surface area contributed by atoms with Crippen molar-refractivity contribution in [2.24, 2.45) is 5.14 Å². The van der Waals surface area contributed by atoms with Gasteiger partial charge in [0.15, 0.2) is 0 Å². The molecule has 0 spiro atoms. The van der Waals surface area contributed by atoms with Crippen LogP contribution in [0.3, 0.4) is 0 Å². The first-order valence-corrected chi connectivity index (χ1v) is 11.5. The van der Waals surface area contributed by atoms with Crippen LogP contribution in [-0.2, 0) is 27.9 Å². The minimum absolute atomic E-state index is 0.0759. The lowest BCUT2D eigenvalue weighted by Crippen LogP contribution is -2.55. The SMILES string of the molecule is NS(=O)(=O)NCc1ccc(Cc2cc(C3OC(CO)C(O)C(O)C3O)ccc2Cl)cc1. The predicted octanol–water partition coefficient (Wildman–Crippen LogP) is -0.261. The highest BCUT2D eigenvalue weighted by atomic mass is 35.5. The largest absolute Gasteiger partial charge is 0.394 e. The molecule has 0 saturated carbocycles. The van der Waals surface area contributed by atoms with Crippen LogP contribution in [0.1, 0.15) is 28.4 Å². The molecule has 0 aromatic heterocycles. The van der Waals surface area contributed by atoms with Crippen LogP contribution in [0, 0.1) is 0 Å². The van der Waals surface area contributed by atoms with Crippen molar-refractivity contribution in [3.05, 3.63) is 69.7 Å². The van der Waals surface area contributed by atoms with Gasteiger partial charge in [-0.2, -0.15) is 13.1 Å². The number of aliphatic hydroxyl groups excluding tert-OH is 4. The summed E-state index contributed by atoms with van der Waals surface area (Å²) in [5.41, 5.74) is 2.93. The van der Waals surface area contributed by atoms with Gasteiger partial charge in [0.1, 0.15) is 30.5 Å². The van der Waals surface area contributed by atoms with Gasteiger partial charge in [0.25, 0.3) is 10.2 Å². The Morgan fingerprint density at radius 2 is 1.65 bits per heavy atom. The highest BCUT2D eigenvalue weighted by molar-refractivity contribution is 7.87. The molecule has 31 heavy (non-hydrogen) atoms. The van der Waals surface area contributed by atoms with Gasteiger partial charge < -0.3 is 25.2 Å². The summed E-state index contributed by atoms with van der Waals surface area (Å²) in [4.78, 5) is 0. The molecule has 7 N–H and O–H groups in total. The van der Waals surface area contributed by atoms with Gasteiger partial charge in [0, 0.05) is 11.6 Å². The molecular weight excluding hydrogens is 448 g/mol. The Morgan fingerprint density at radius 1 is 1.00 bits per heavy atom. The second kappa shape index (κ2) is 9.90. The van der Waals surface area contributed by atoms with Crippen molar-refractivity contribution in [3.63, 3.8) is 0 Å². The molecule has 5 unspecified atom stereocenters. The Balaban J connectivity index is 1.77. The summed E-state index contributed by atoms with van der Waals surface area (Å²) in [7, 11) is -3.77. The van der Waals surface area contributed by atoms with Crippen LogP contribution in [0.4, 0.5) is 0 Å². The maximum Gasteiger partial charge on any atom is 0.274 e. The molecule has 2 aromatic rings. The van der Waals surface area contributed by atoms with Crippen LogP contribution in [0.25, 0.3) is 0 Å². The Labute approximate surface area is 185 Å². The monoisotopic (exact) mass is 472 g/mol. The van der Waals surface area contributed by atoms with E-state index in [1.807, 2.05) is 12.1 Å². The summed E-state index contributed by atoms with van der Waals surface area (Å²) in [5.74, 6) is 0. The van der Waals surface area contributed by atoms with E-state index in [1.54, 1.807) is 30.3 Å². The highest BCUT2D eigenvalue weighted by Gasteiger charge is 2.44. The first kappa shape index (κ1) is 24.1. The molecule has 0 bridgehead atoms. The maximum absolute atomic E-state index is 11.0. The molecule has 170 valence electrons. The summed E-state index contributed by atoms with van der Waals surface area (Å²) in [5, 5.41) is 45.2. The molecule has 3 rings (SSSR count). The van der Waals surface area contributed by atoms with E-state index in [0.29, 0.717) is 17.0 Å². The van der Waals surface area contributed by atoms with E-state index in [4.69, 9.17) is 21.5 Å². The molecule has 2 aromatic carbocycles. The normalized spacial score (nSPS) is 26.7. The smallest absolute Gasteiger partial charge is 0.274 e. The van der Waals surface area contributed by atoms with Crippen molar-refractivity contribution in [2.75, 3.05) is 6.61 Å². The van der Waals surface area contributed by atoms with Crippen LogP contribution in [0.5, 0.6) is 0 Å². The number of benzene rings is 2. The zero-order valence-corrected chi connectivity index (χ0v) is 18.0. The first-order chi connectivity index (χ1) is 14.6. The lowest BCUT2D eigenvalue weighted by atomic mass is 9.90. The van der Waals surface area contributed by atoms with Crippen LogP contribution in [0.15, 0.2) is 42.5 Å². The number of nitrogens with two attached hydrogens (primary N) is 1. The fraction of sp³-hybridized carbons (Fsp3) is 0.400. The number of hydrogen-bond donors (Lipinski definition) is 6. The third kappa shape index (κ3) is 6.01. The molecular formula is C20H25ClN2O7S. The molecule has 11 heteroatoms. The van der Waals surface area contributed by atoms with Crippen molar-refractivity contribution in [1.29, 1.82) is 0 Å². The van der Waals surface area contributed by atoms with Gasteiger partial charge in [-0.3, -0.25) is 0 Å². The fourth-order valence-electron chi connectivity index (χ4n) is 3.46. The zero-order chi connectivity index (χ0) is 22.8. The topological polar surface area (TPSA) is 162 Å². The van der Waals surface area contributed by atoms with Gasteiger partial charge in [0.05, 0.1) is 6.61 Å². The lowest BCUT2D eigenvalue weighted by molar-refractivity contribution is -0.231. The molecule has 1 saturated heterocycles. The number of rotatable bonds is 7. The molecule has 1 heterocycles. The van der Waals surface area contributed by atoms with E-state index in [-0.39, 0.29) is 6.54 Å². The Bertz CT molecular complexity index is 1000. The second-order valence-corrected chi connectivity index (χ2v) is 9.25. The van der Waals surface area contributed by atoms with Crippen LogP contribution < -0.4 is 9.86 Å². The standard InChI is InChI=1S/C20H25ClN2O7S/c21-15-6-5-13(20-19(27)18(26)17(25)16(10-24)30-20)8-14(15)7-11-1-3-12(4-2-11)9-23-31(22,28)29/h1-6,8,16-20,23-27H,7,9-10H2,(H2,22,28,29). The average molecular weight is 473 g/mol. The Hall–Kier alpha value is -1.60. The van der Waals surface area contributed by atoms with E-state index < -0.39 is 47.3 Å². The first-order valence-electron chi connectivity index (χ1n) is 9.53. The maximum atomic E-state index is 11.0. The number of nitrogens with one attached hydrogen (secondary N) is 1. The van der Waals surface area contributed by atoms with Crippen molar-refractivity contribution >= 4 is 21.8 Å². The van der Waals surface area contributed by atoms with Gasteiger partial charge in [-0.15, -0.1) is 0 Å². The van der Waals surface area contributed by atoms with Gasteiger partial charge in [0.2, 0.25) is 0 Å². The fourth-order valence-corrected chi connectivity index (χ4v) is 4.02. The van der Waals surface area contributed by atoms with Crippen LogP contribution in [0.2, 0.25) is 5.02 Å². The summed E-state index contributed by atoms with van der Waals surface area (Å²) in [6, 6.07) is 12.2. The van der Waals surface area contributed by atoms with Crippen LogP contribution in [-0.4, -0.2) is 59.9 Å². The molecule has 0 aliphatic carbocycles. The van der Waals surface area contributed by atoms with E-state index in [2.05, 4.69) is 4.72 Å². The molecule has 0 amide bonds. The second-order valence-electron chi connectivity index (χ2n) is 7.46. The van der Waals surface area contributed by atoms with Crippen molar-refractivity contribution < 1.29 is 33.6 Å². The van der Waals surface area contributed by atoms with Gasteiger partial charge in [-0.1, -0.05) is 48.0 Å². The minimum Gasteiger partial charge on any atom is -0.394 e. The number of ether oxygens (including phenoxy) is 1. The van der Waals surface area contributed by atoms with Gasteiger partial charge in [-0.25, -0.2) is 5.14 Å². The molecule has 1 aliphatic heterocycles. The quantitative estimate of drug-likeness (QED) is 0.323. The van der Waals surface area contributed by atoms with Crippen LogP contribution >= 0.6 is 11.6 Å². The third-order valence-electron chi connectivity index (χ3n) is 5.19. The van der Waals surface area contributed by atoms with E-state index >= 15 is 0 Å². The predicted molar refractivity (Wildman–Crippen MR) is 113 cm³/mol. The van der Waals surface area contributed by atoms with Crippen molar-refractivity contribution in [3.8, 4) is 0 Å². The molecule has 1 fully saturated rings. The van der Waals surface area contributed by atoms with Crippen molar-refractivity contribution in [1.82, 2.24) is 4.72 Å². The number of hydrogen-bond acceptors (Lipinski definition) is 7. The summed E-state index contributed by atoms with van der Waals surface area (Å²) < 4.78 is 29.8. The van der Waals surface area contributed by atoms with Crippen molar-refractivity contribution in [2.45, 2.75) is 43.5 Å². The molecule has 5 atom stereocenters. The molecule has 9 nitrogen and oxygen atoms in total. The lowest BCUT2D eigenvalue weighted by Gasteiger charge is -2.40. The minimum atomic E-state index is -3.77. The zero-order valence-electron chi connectivity index (χ0n) is 16.4. The summed E-state index contributed by atoms with van der Waals surface area (Å²) in [6.45, 7) is -0.430. The van der Waals surface area contributed by atoms with E-state index in [0.717, 1.165) is 16.7 Å². The number of halogens is 1. The summed E-state index contributed by atoms with van der Waals surface area (Å²) >= 11 is 6.34. The summed E-state index contributed by atoms with van der Waals surface area (Å²) in [6.07, 6.45) is -5.76. The molecule has 1 aliphatic rings. The molecule has 0 radical (unpaired) electrons. The highest BCUT2D eigenvalue weighted by Crippen LogP contribution is 2.34. The van der Waals surface area contributed by atoms with Gasteiger partial charge in [-0.05, 0) is 34.7 Å². The number of aliphatic hydroxyl groups is 4.